The summed E-state index contributed by atoms with van der Waals surface area (Å²) in [5.41, 5.74) is 0. The third-order valence-corrected chi connectivity index (χ3v) is 2.81. The molecule has 3 rings (SSSR count). The molecule has 0 saturated carbocycles. The van der Waals surface area contributed by atoms with Gasteiger partial charge in [0.1, 0.15) is 5.82 Å². The van der Waals surface area contributed by atoms with Crippen LogP contribution >= 0.6 is 0 Å². The van der Waals surface area contributed by atoms with Crippen LogP contribution in [0.5, 0.6) is 0 Å². The maximum absolute atomic E-state index is 5.51. The fourth-order valence-corrected chi connectivity index (χ4v) is 2.17. The topological polar surface area (TPSA) is 47.5 Å². The van der Waals surface area contributed by atoms with Crippen molar-refractivity contribution in [2.24, 2.45) is 0 Å². The van der Waals surface area contributed by atoms with Gasteiger partial charge in [0, 0.05) is 6.20 Å². The Bertz CT molecular complexity index is 311. The summed E-state index contributed by atoms with van der Waals surface area (Å²) in [7, 11) is 0. The van der Waals surface area contributed by atoms with E-state index in [4.69, 9.17) is 9.47 Å². The van der Waals surface area contributed by atoms with E-state index < -0.39 is 0 Å². The summed E-state index contributed by atoms with van der Waals surface area (Å²) in [6, 6.07) is 2.47. The lowest BCUT2D eigenvalue weighted by Gasteiger charge is -2.45. The van der Waals surface area contributed by atoms with E-state index >= 15 is 0 Å². The highest BCUT2D eigenvalue weighted by Crippen LogP contribution is 2.24. The van der Waals surface area contributed by atoms with Crippen LogP contribution in [0.1, 0.15) is 0 Å². The molecule has 3 heterocycles. The number of ether oxygens (including phenoxy) is 2. The molecule has 79 valence electrons. The first kappa shape index (κ1) is 9.06. The van der Waals surface area contributed by atoms with E-state index in [-0.39, 0.29) is 12.1 Å². The Kier molecular flexibility index (Phi) is 2.26. The molecule has 0 aromatic carbocycles. The van der Waals surface area contributed by atoms with Crippen molar-refractivity contribution in [2.45, 2.75) is 12.1 Å². The zero-order chi connectivity index (χ0) is 10.1. The Labute approximate surface area is 88.0 Å². The normalized spacial score (nSPS) is 30.3. The van der Waals surface area contributed by atoms with Crippen LogP contribution in [0, 0.1) is 6.33 Å². The fraction of sp³-hybridized carbons (Fsp3) is 0.600. The maximum Gasteiger partial charge on any atom is 0.199 e. The third kappa shape index (κ3) is 1.57. The summed E-state index contributed by atoms with van der Waals surface area (Å²) in [6.07, 6.45) is 4.34. The van der Waals surface area contributed by atoms with Gasteiger partial charge in [0.05, 0.1) is 38.5 Å². The second kappa shape index (κ2) is 3.75. The lowest BCUT2D eigenvalue weighted by atomic mass is 10.1. The molecular weight excluding hydrogens is 194 g/mol. The molecule has 0 amide bonds. The first-order valence-electron chi connectivity index (χ1n) is 5.08. The van der Waals surface area contributed by atoms with Crippen LogP contribution in [0.25, 0.3) is 0 Å². The molecule has 0 aliphatic carbocycles. The number of fused-ring (bicyclic) bond motifs is 2. The SMILES string of the molecule is [c]1nccc(N2C3COCC2COC3)n1. The van der Waals surface area contributed by atoms with Gasteiger partial charge < -0.3 is 14.4 Å². The van der Waals surface area contributed by atoms with Gasteiger partial charge in [0.15, 0.2) is 6.33 Å². The van der Waals surface area contributed by atoms with Crippen LogP contribution in [0.3, 0.4) is 0 Å². The molecule has 0 atom stereocenters. The van der Waals surface area contributed by atoms with Gasteiger partial charge in [0.2, 0.25) is 0 Å². The van der Waals surface area contributed by atoms with Crippen LogP contribution in [-0.2, 0) is 9.47 Å². The highest BCUT2D eigenvalue weighted by Gasteiger charge is 2.36. The molecule has 0 unspecified atom stereocenters. The van der Waals surface area contributed by atoms with Crippen LogP contribution in [0.2, 0.25) is 0 Å². The highest BCUT2D eigenvalue weighted by molar-refractivity contribution is 5.41. The molecule has 1 aromatic heterocycles. The van der Waals surface area contributed by atoms with E-state index in [0.29, 0.717) is 26.4 Å². The van der Waals surface area contributed by atoms with Crippen LogP contribution in [-0.4, -0.2) is 48.5 Å². The Morgan fingerprint density at radius 1 is 1.20 bits per heavy atom. The van der Waals surface area contributed by atoms with E-state index in [2.05, 4.69) is 21.2 Å². The van der Waals surface area contributed by atoms with Crippen molar-refractivity contribution in [3.63, 3.8) is 0 Å². The number of hydrogen-bond acceptors (Lipinski definition) is 5. The Morgan fingerprint density at radius 3 is 2.40 bits per heavy atom. The predicted octanol–water partition coefficient (Wildman–Crippen LogP) is -0.119. The fourth-order valence-electron chi connectivity index (χ4n) is 2.17. The lowest BCUT2D eigenvalue weighted by molar-refractivity contribution is -0.0350. The van der Waals surface area contributed by atoms with E-state index in [9.17, 15) is 0 Å². The molecule has 1 aromatic rings. The summed E-state index contributed by atoms with van der Waals surface area (Å²) in [6.45, 7) is 2.84. The van der Waals surface area contributed by atoms with Crippen molar-refractivity contribution in [1.82, 2.24) is 9.97 Å². The minimum absolute atomic E-state index is 0.279. The lowest BCUT2D eigenvalue weighted by Crippen LogP contribution is -2.60. The Balaban J connectivity index is 1.90. The molecule has 1 radical (unpaired) electrons. The maximum atomic E-state index is 5.51. The molecule has 2 bridgehead atoms. The van der Waals surface area contributed by atoms with Crippen LogP contribution < -0.4 is 4.90 Å². The van der Waals surface area contributed by atoms with E-state index in [1.807, 2.05) is 6.07 Å². The third-order valence-electron chi connectivity index (χ3n) is 2.81. The van der Waals surface area contributed by atoms with Crippen molar-refractivity contribution in [1.29, 1.82) is 0 Å². The van der Waals surface area contributed by atoms with Crippen LogP contribution in [0.15, 0.2) is 12.3 Å². The Morgan fingerprint density at radius 2 is 1.87 bits per heavy atom. The van der Waals surface area contributed by atoms with Crippen molar-refractivity contribution < 1.29 is 9.47 Å². The summed E-state index contributed by atoms with van der Waals surface area (Å²) in [5, 5.41) is 0. The molecule has 2 aliphatic rings. The highest BCUT2D eigenvalue weighted by atomic mass is 16.5. The molecule has 2 fully saturated rings. The molecule has 2 saturated heterocycles. The molecule has 0 spiro atoms. The smallest absolute Gasteiger partial charge is 0.199 e. The molecular formula is C10H12N3O2. The predicted molar refractivity (Wildman–Crippen MR) is 52.6 cm³/mol. The summed E-state index contributed by atoms with van der Waals surface area (Å²) < 4.78 is 11.0. The Hall–Kier alpha value is -1.20. The monoisotopic (exact) mass is 206 g/mol. The zero-order valence-corrected chi connectivity index (χ0v) is 8.30. The van der Waals surface area contributed by atoms with Gasteiger partial charge in [-0.05, 0) is 6.07 Å². The van der Waals surface area contributed by atoms with Gasteiger partial charge in [-0.3, -0.25) is 0 Å². The minimum Gasteiger partial charge on any atom is -0.377 e. The number of morpholine rings is 2. The standard InChI is InChI=1S/C10H12N3O2/c1-2-11-7-12-10(1)13-8-3-14-5-9(13)6-15-4-8/h1-2,8-9H,3-6H2. The van der Waals surface area contributed by atoms with Crippen LogP contribution in [0.4, 0.5) is 5.82 Å². The second-order valence-corrected chi connectivity index (χ2v) is 3.80. The first-order valence-corrected chi connectivity index (χ1v) is 5.08. The zero-order valence-electron chi connectivity index (χ0n) is 8.30. The van der Waals surface area contributed by atoms with Crippen molar-refractivity contribution >= 4 is 5.82 Å². The van der Waals surface area contributed by atoms with E-state index in [0.717, 1.165) is 5.82 Å². The summed E-state index contributed by atoms with van der Waals surface area (Å²) >= 11 is 0. The number of nitrogens with zero attached hydrogens (tertiary/aromatic N) is 3. The number of rotatable bonds is 1. The van der Waals surface area contributed by atoms with Crippen molar-refractivity contribution in [3.05, 3.63) is 18.6 Å². The molecule has 0 N–H and O–H groups in total. The van der Waals surface area contributed by atoms with Gasteiger partial charge >= 0.3 is 0 Å². The number of hydrogen-bond donors (Lipinski definition) is 0. The second-order valence-electron chi connectivity index (χ2n) is 3.80. The summed E-state index contributed by atoms with van der Waals surface area (Å²) in [4.78, 5) is 10.2. The van der Waals surface area contributed by atoms with Gasteiger partial charge in [-0.1, -0.05) is 0 Å². The molecule has 5 nitrogen and oxygen atoms in total. The number of aromatic nitrogens is 2. The van der Waals surface area contributed by atoms with E-state index in [1.165, 1.54) is 0 Å². The average molecular weight is 206 g/mol. The minimum atomic E-state index is 0.279. The quantitative estimate of drug-likeness (QED) is 0.641. The van der Waals surface area contributed by atoms with E-state index in [1.54, 1.807) is 6.20 Å². The van der Waals surface area contributed by atoms with Gasteiger partial charge in [-0.25, -0.2) is 9.97 Å². The number of anilines is 1. The average Bonchev–Trinajstić information content (AvgIpc) is 2.29. The van der Waals surface area contributed by atoms with Gasteiger partial charge in [-0.15, -0.1) is 0 Å². The first-order chi connectivity index (χ1) is 7.45. The molecule has 2 aliphatic heterocycles. The largest absolute Gasteiger partial charge is 0.377 e. The van der Waals surface area contributed by atoms with Gasteiger partial charge in [0.25, 0.3) is 0 Å². The molecule has 15 heavy (non-hydrogen) atoms. The van der Waals surface area contributed by atoms with Crippen molar-refractivity contribution in [2.75, 3.05) is 31.3 Å². The van der Waals surface area contributed by atoms with Crippen molar-refractivity contribution in [3.8, 4) is 0 Å². The summed E-state index contributed by atoms with van der Waals surface area (Å²) in [5.74, 6) is 0.923. The van der Waals surface area contributed by atoms with Gasteiger partial charge in [-0.2, -0.15) is 0 Å². The molecule has 5 heteroatoms.